The Morgan fingerprint density at radius 2 is 2.00 bits per heavy atom. The van der Waals surface area contributed by atoms with Crippen molar-refractivity contribution in [1.29, 1.82) is 0 Å². The highest BCUT2D eigenvalue weighted by atomic mass is 35.5. The Hall–Kier alpha value is 0.200. The van der Waals surface area contributed by atoms with Crippen LogP contribution in [0.4, 0.5) is 0 Å². The van der Waals surface area contributed by atoms with Gasteiger partial charge in [0.25, 0.3) is 0 Å². The predicted octanol–water partition coefficient (Wildman–Crippen LogP) is 0.757. The van der Waals surface area contributed by atoms with Crippen LogP contribution < -0.4 is 0 Å². The fourth-order valence-corrected chi connectivity index (χ4v) is 2.01. The van der Waals surface area contributed by atoms with E-state index in [0.29, 0.717) is 0 Å². The molecule has 0 rings (SSSR count). The van der Waals surface area contributed by atoms with Gasteiger partial charge in [-0.15, -0.1) is 0 Å². The van der Waals surface area contributed by atoms with Crippen molar-refractivity contribution in [3.63, 3.8) is 0 Å². The van der Waals surface area contributed by atoms with Crippen LogP contribution in [0.5, 0.6) is 0 Å². The van der Waals surface area contributed by atoms with Gasteiger partial charge in [-0.05, 0) is 13.3 Å². The molecule has 3 nitrogen and oxygen atoms in total. The first-order valence-corrected chi connectivity index (χ1v) is 5.59. The van der Waals surface area contributed by atoms with E-state index in [0.717, 1.165) is 6.26 Å². The summed E-state index contributed by atoms with van der Waals surface area (Å²) in [4.78, 5) is 0. The SMILES string of the molecule is CC[C@](Cl)([C@@H](C)O)S(C)(=O)=O. The van der Waals surface area contributed by atoms with Crippen LogP contribution in [-0.2, 0) is 9.84 Å². The fourth-order valence-electron chi connectivity index (χ4n) is 0.867. The van der Waals surface area contributed by atoms with Crippen molar-refractivity contribution < 1.29 is 13.5 Å². The normalized spacial score (nSPS) is 20.8. The minimum atomic E-state index is -3.40. The average molecular weight is 201 g/mol. The topological polar surface area (TPSA) is 54.4 Å². The summed E-state index contributed by atoms with van der Waals surface area (Å²) in [6.45, 7) is 3.00. The molecule has 0 saturated carbocycles. The predicted molar refractivity (Wildman–Crippen MR) is 45.4 cm³/mol. The van der Waals surface area contributed by atoms with Crippen LogP contribution in [0.3, 0.4) is 0 Å². The van der Waals surface area contributed by atoms with Gasteiger partial charge in [0.2, 0.25) is 0 Å². The number of rotatable bonds is 3. The molecule has 68 valence electrons. The Kier molecular flexibility index (Phi) is 3.35. The monoisotopic (exact) mass is 200 g/mol. The lowest BCUT2D eigenvalue weighted by atomic mass is 10.2. The molecule has 0 aliphatic heterocycles. The van der Waals surface area contributed by atoms with Crippen molar-refractivity contribution in [2.75, 3.05) is 6.26 Å². The maximum atomic E-state index is 11.0. The van der Waals surface area contributed by atoms with E-state index in [2.05, 4.69) is 0 Å². The zero-order valence-corrected chi connectivity index (χ0v) is 8.41. The summed E-state index contributed by atoms with van der Waals surface area (Å²) in [5.41, 5.74) is 0. The van der Waals surface area contributed by atoms with Crippen molar-refractivity contribution in [2.24, 2.45) is 0 Å². The van der Waals surface area contributed by atoms with Gasteiger partial charge in [-0.1, -0.05) is 18.5 Å². The third-order valence-electron chi connectivity index (χ3n) is 1.72. The first-order valence-electron chi connectivity index (χ1n) is 3.32. The third-order valence-corrected chi connectivity index (χ3v) is 5.01. The molecule has 2 atom stereocenters. The molecule has 1 N–H and O–H groups in total. The molecule has 0 aromatic carbocycles. The highest BCUT2D eigenvalue weighted by molar-refractivity contribution is 7.93. The number of alkyl halides is 1. The molecule has 0 fully saturated rings. The summed E-state index contributed by atoms with van der Waals surface area (Å²) >= 11 is 5.70. The summed E-state index contributed by atoms with van der Waals surface area (Å²) < 4.78 is 20.5. The fraction of sp³-hybridized carbons (Fsp3) is 1.00. The number of halogens is 1. The van der Waals surface area contributed by atoms with E-state index in [1.54, 1.807) is 6.92 Å². The summed E-state index contributed by atoms with van der Waals surface area (Å²) in [5, 5.41) is 9.10. The van der Waals surface area contributed by atoms with Crippen molar-refractivity contribution in [2.45, 2.75) is 30.6 Å². The first kappa shape index (κ1) is 11.2. The van der Waals surface area contributed by atoms with Crippen LogP contribution in [0.1, 0.15) is 20.3 Å². The molecule has 5 heteroatoms. The number of aliphatic hydroxyl groups excluding tert-OH is 1. The zero-order valence-electron chi connectivity index (χ0n) is 6.83. The highest BCUT2D eigenvalue weighted by Gasteiger charge is 2.41. The summed E-state index contributed by atoms with van der Waals surface area (Å²) in [7, 11) is -3.40. The molecule has 0 bridgehead atoms. The zero-order chi connectivity index (χ0) is 9.28. The molecule has 0 aliphatic rings. The molecule has 0 spiro atoms. The number of hydrogen-bond donors (Lipinski definition) is 1. The molecule has 0 aromatic rings. The maximum absolute atomic E-state index is 11.0. The van der Waals surface area contributed by atoms with Gasteiger partial charge in [0.05, 0.1) is 6.10 Å². The van der Waals surface area contributed by atoms with Crippen LogP contribution in [0.25, 0.3) is 0 Å². The molecular formula is C6H13ClO3S. The summed E-state index contributed by atoms with van der Waals surface area (Å²) in [5.74, 6) is 0. The van der Waals surface area contributed by atoms with Crippen LogP contribution >= 0.6 is 11.6 Å². The van der Waals surface area contributed by atoms with Crippen LogP contribution in [0.15, 0.2) is 0 Å². The Morgan fingerprint density at radius 3 is 2.00 bits per heavy atom. The molecular weight excluding hydrogens is 188 g/mol. The molecule has 11 heavy (non-hydrogen) atoms. The van der Waals surface area contributed by atoms with E-state index in [1.165, 1.54) is 6.92 Å². The molecule has 0 saturated heterocycles. The molecule has 0 heterocycles. The van der Waals surface area contributed by atoms with Crippen LogP contribution in [-0.4, -0.2) is 30.1 Å². The molecule has 0 radical (unpaired) electrons. The Balaban J connectivity index is 4.92. The minimum absolute atomic E-state index is 0.199. The second-order valence-corrected chi connectivity index (χ2v) is 5.76. The number of sulfone groups is 1. The Labute approximate surface area is 72.3 Å². The van der Waals surface area contributed by atoms with Gasteiger partial charge >= 0.3 is 0 Å². The van der Waals surface area contributed by atoms with Gasteiger partial charge in [-0.3, -0.25) is 0 Å². The van der Waals surface area contributed by atoms with E-state index < -0.39 is 20.1 Å². The second-order valence-electron chi connectivity index (χ2n) is 2.59. The highest BCUT2D eigenvalue weighted by Crippen LogP contribution is 2.29. The van der Waals surface area contributed by atoms with E-state index in [-0.39, 0.29) is 6.42 Å². The average Bonchev–Trinajstić information content (AvgIpc) is 1.83. The van der Waals surface area contributed by atoms with Crippen molar-refractivity contribution in [3.8, 4) is 0 Å². The number of aliphatic hydroxyl groups is 1. The van der Waals surface area contributed by atoms with Crippen molar-refractivity contribution in [1.82, 2.24) is 0 Å². The molecule has 0 unspecified atom stereocenters. The summed E-state index contributed by atoms with van der Waals surface area (Å²) in [6.07, 6.45) is 0.172. The molecule has 0 aromatic heterocycles. The Morgan fingerprint density at radius 1 is 1.64 bits per heavy atom. The first-order chi connectivity index (χ1) is 4.75. The lowest BCUT2D eigenvalue weighted by Crippen LogP contribution is -2.41. The molecule has 0 aliphatic carbocycles. The third kappa shape index (κ3) is 2.07. The van der Waals surface area contributed by atoms with Gasteiger partial charge in [-0.2, -0.15) is 0 Å². The van der Waals surface area contributed by atoms with Gasteiger partial charge in [0.1, 0.15) is 0 Å². The van der Waals surface area contributed by atoms with Gasteiger partial charge < -0.3 is 5.11 Å². The smallest absolute Gasteiger partial charge is 0.170 e. The molecule has 0 amide bonds. The van der Waals surface area contributed by atoms with E-state index in [4.69, 9.17) is 16.7 Å². The second kappa shape index (κ2) is 3.29. The van der Waals surface area contributed by atoms with Crippen LogP contribution in [0.2, 0.25) is 0 Å². The van der Waals surface area contributed by atoms with Gasteiger partial charge in [0, 0.05) is 6.26 Å². The lowest BCUT2D eigenvalue weighted by Gasteiger charge is -2.26. The minimum Gasteiger partial charge on any atom is -0.390 e. The quantitative estimate of drug-likeness (QED) is 0.685. The number of hydrogen-bond acceptors (Lipinski definition) is 3. The van der Waals surface area contributed by atoms with Crippen molar-refractivity contribution >= 4 is 21.4 Å². The van der Waals surface area contributed by atoms with E-state index >= 15 is 0 Å². The standard InChI is InChI=1S/C6H13ClO3S/c1-4-6(7,5(2)8)11(3,9)10/h5,8H,4H2,1-3H3/t5-,6-/m1/s1. The maximum Gasteiger partial charge on any atom is 0.170 e. The lowest BCUT2D eigenvalue weighted by molar-refractivity contribution is 0.172. The van der Waals surface area contributed by atoms with Gasteiger partial charge in [-0.25, -0.2) is 8.42 Å². The Bertz CT molecular complexity index is 222. The van der Waals surface area contributed by atoms with E-state index in [1.807, 2.05) is 0 Å². The largest absolute Gasteiger partial charge is 0.390 e. The summed E-state index contributed by atoms with van der Waals surface area (Å²) in [6, 6.07) is 0. The van der Waals surface area contributed by atoms with Crippen LogP contribution in [0, 0.1) is 0 Å². The van der Waals surface area contributed by atoms with E-state index in [9.17, 15) is 8.42 Å². The van der Waals surface area contributed by atoms with Crippen molar-refractivity contribution in [3.05, 3.63) is 0 Å². The van der Waals surface area contributed by atoms with Gasteiger partial charge in [0.15, 0.2) is 14.0 Å².